The van der Waals surface area contributed by atoms with E-state index in [0.717, 1.165) is 35.8 Å². The fraction of sp³-hybridized carbons (Fsp3) is 0.531. The van der Waals surface area contributed by atoms with Crippen molar-refractivity contribution >= 4 is 40.3 Å². The number of rotatable bonds is 18. The van der Waals surface area contributed by atoms with Crippen molar-refractivity contribution in [2.75, 3.05) is 24.9 Å². The van der Waals surface area contributed by atoms with Crippen LogP contribution < -0.4 is 14.8 Å². The minimum atomic E-state index is -0.0456. The number of unbranched alkanes of at least 4 members (excludes halogenated alkanes) is 9. The number of nitrogens with zero attached hydrogens (tertiary/aromatic N) is 1. The molecule has 1 aliphatic rings. The number of anilines is 1. The van der Waals surface area contributed by atoms with E-state index in [1.54, 1.807) is 7.11 Å². The minimum absolute atomic E-state index is 0. The Balaban J connectivity index is 0.00000533. The number of nitrogens with one attached hydrogen (secondary N) is 1. The predicted molar refractivity (Wildman–Crippen MR) is 171 cm³/mol. The lowest BCUT2D eigenvalue weighted by molar-refractivity contribution is -0.115. The summed E-state index contributed by atoms with van der Waals surface area (Å²) in [7, 11) is 1.65. The molecular weight excluding hydrogens is 572 g/mol. The van der Waals surface area contributed by atoms with E-state index in [1.807, 2.05) is 42.1 Å². The maximum atomic E-state index is 12.7. The van der Waals surface area contributed by atoms with Crippen LogP contribution in [0.25, 0.3) is 0 Å². The van der Waals surface area contributed by atoms with Gasteiger partial charge in [0.05, 0.1) is 26.0 Å². The first-order valence-electron chi connectivity index (χ1n) is 14.3. The lowest BCUT2D eigenvalue weighted by Crippen LogP contribution is -2.15. The molecule has 1 amide bonds. The molecule has 0 atom stereocenters. The SMILES string of the molecule is Br.CCCCCCCCCCCCOc1ccc(CC(=O)Nc2cccc(CN3C=C(C)SC3)c2)cc1OC. The number of carbonyl (C=O) groups is 1. The number of methoxy groups -OCH3 is 1. The molecule has 1 N–H and O–H groups in total. The molecule has 7 heteroatoms. The van der Waals surface area contributed by atoms with Gasteiger partial charge in [0.2, 0.25) is 5.91 Å². The Bertz CT molecular complexity index is 1030. The summed E-state index contributed by atoms with van der Waals surface area (Å²) in [5.74, 6) is 2.35. The fourth-order valence-corrected chi connectivity index (χ4v) is 5.45. The number of hydrogen-bond acceptors (Lipinski definition) is 5. The summed E-state index contributed by atoms with van der Waals surface area (Å²) in [5, 5.41) is 3.04. The number of halogens is 1. The Hall–Kier alpha value is -2.12. The van der Waals surface area contributed by atoms with Gasteiger partial charge in [0.25, 0.3) is 0 Å². The first kappa shape index (κ1) is 33.1. The second-order valence-electron chi connectivity index (χ2n) is 10.2. The summed E-state index contributed by atoms with van der Waals surface area (Å²) in [4.78, 5) is 16.4. The van der Waals surface area contributed by atoms with Gasteiger partial charge in [-0.1, -0.05) is 82.9 Å². The van der Waals surface area contributed by atoms with Gasteiger partial charge >= 0.3 is 0 Å². The molecule has 0 aliphatic carbocycles. The molecule has 1 aliphatic heterocycles. The maximum absolute atomic E-state index is 12.7. The summed E-state index contributed by atoms with van der Waals surface area (Å²) >= 11 is 1.85. The van der Waals surface area contributed by atoms with Crippen LogP contribution in [0.3, 0.4) is 0 Å². The third kappa shape index (κ3) is 12.7. The van der Waals surface area contributed by atoms with Gasteiger partial charge in [0.15, 0.2) is 11.5 Å². The van der Waals surface area contributed by atoms with Crippen molar-refractivity contribution in [2.24, 2.45) is 0 Å². The summed E-state index contributed by atoms with van der Waals surface area (Å²) in [6.07, 6.45) is 15.5. The average Bonchev–Trinajstić information content (AvgIpc) is 3.32. The van der Waals surface area contributed by atoms with Gasteiger partial charge in [0, 0.05) is 18.4 Å². The standard InChI is InChI=1S/C32H46N2O3S.BrH/c1-4-5-6-7-8-9-10-11-12-13-19-37-30-18-17-27(21-31(30)36-3)22-32(35)33-29-16-14-15-28(20-29)24-34-23-26(2)38-25-34;/h14-18,20-21,23H,4-13,19,22,24-25H2,1-3H3,(H,33,35);1H. The topological polar surface area (TPSA) is 50.8 Å². The lowest BCUT2D eigenvalue weighted by atomic mass is 10.1. The van der Waals surface area contributed by atoms with E-state index in [9.17, 15) is 4.79 Å². The number of carbonyl (C=O) groups excluding carboxylic acids is 1. The van der Waals surface area contributed by atoms with Gasteiger partial charge in [-0.3, -0.25) is 4.79 Å². The van der Waals surface area contributed by atoms with Crippen LogP contribution in [-0.2, 0) is 17.8 Å². The zero-order chi connectivity index (χ0) is 27.0. The highest BCUT2D eigenvalue weighted by Crippen LogP contribution is 2.29. The quantitative estimate of drug-likeness (QED) is 0.169. The Morgan fingerprint density at radius 2 is 1.64 bits per heavy atom. The maximum Gasteiger partial charge on any atom is 0.228 e. The van der Waals surface area contributed by atoms with Crippen molar-refractivity contribution in [3.8, 4) is 11.5 Å². The van der Waals surface area contributed by atoms with Gasteiger partial charge in [-0.2, -0.15) is 0 Å². The number of hydrogen-bond donors (Lipinski definition) is 1. The van der Waals surface area contributed by atoms with E-state index in [1.165, 1.54) is 68.3 Å². The normalized spacial score (nSPS) is 12.6. The van der Waals surface area contributed by atoms with Crippen molar-refractivity contribution in [1.82, 2.24) is 4.90 Å². The van der Waals surface area contributed by atoms with Crippen molar-refractivity contribution in [2.45, 2.75) is 91.0 Å². The summed E-state index contributed by atoms with van der Waals surface area (Å²) in [6.45, 7) is 5.93. The Morgan fingerprint density at radius 3 is 2.31 bits per heavy atom. The molecule has 0 saturated carbocycles. The molecular formula is C32H47BrN2O3S. The predicted octanol–water partition coefficient (Wildman–Crippen LogP) is 9.12. The molecule has 0 saturated heterocycles. The third-order valence-electron chi connectivity index (χ3n) is 6.77. The van der Waals surface area contributed by atoms with Gasteiger partial charge in [-0.25, -0.2) is 0 Å². The van der Waals surface area contributed by atoms with E-state index in [0.29, 0.717) is 12.4 Å². The molecule has 5 nitrogen and oxygen atoms in total. The Labute approximate surface area is 250 Å². The minimum Gasteiger partial charge on any atom is -0.493 e. The van der Waals surface area contributed by atoms with E-state index in [-0.39, 0.29) is 29.3 Å². The van der Waals surface area contributed by atoms with Crippen LogP contribution in [-0.4, -0.2) is 30.4 Å². The number of amides is 1. The van der Waals surface area contributed by atoms with E-state index < -0.39 is 0 Å². The van der Waals surface area contributed by atoms with Crippen LogP contribution in [0, 0.1) is 0 Å². The highest BCUT2D eigenvalue weighted by Gasteiger charge is 2.12. The molecule has 0 bridgehead atoms. The smallest absolute Gasteiger partial charge is 0.228 e. The van der Waals surface area contributed by atoms with E-state index >= 15 is 0 Å². The number of ether oxygens (including phenoxy) is 2. The molecule has 0 radical (unpaired) electrons. The summed E-state index contributed by atoms with van der Waals surface area (Å²) in [6, 6.07) is 13.9. The molecule has 1 heterocycles. The summed E-state index contributed by atoms with van der Waals surface area (Å²) in [5.41, 5.74) is 2.90. The zero-order valence-corrected chi connectivity index (χ0v) is 26.5. The highest BCUT2D eigenvalue weighted by molar-refractivity contribution is 8.93. The molecule has 0 spiro atoms. The van der Waals surface area contributed by atoms with Crippen LogP contribution in [0.2, 0.25) is 0 Å². The molecule has 39 heavy (non-hydrogen) atoms. The van der Waals surface area contributed by atoms with Gasteiger partial charge in [-0.15, -0.1) is 28.7 Å². The lowest BCUT2D eigenvalue weighted by Gasteiger charge is -2.15. The average molecular weight is 620 g/mol. The second kappa shape index (κ2) is 19.0. The second-order valence-corrected chi connectivity index (χ2v) is 11.4. The van der Waals surface area contributed by atoms with Gasteiger partial charge < -0.3 is 19.7 Å². The van der Waals surface area contributed by atoms with Crippen LogP contribution in [0.1, 0.15) is 89.2 Å². The Morgan fingerprint density at radius 1 is 0.923 bits per heavy atom. The third-order valence-corrected chi connectivity index (χ3v) is 7.79. The molecule has 2 aromatic rings. The van der Waals surface area contributed by atoms with Crippen LogP contribution >= 0.6 is 28.7 Å². The number of thioether (sulfide) groups is 1. The molecule has 0 aromatic heterocycles. The van der Waals surface area contributed by atoms with Crippen molar-refractivity contribution < 1.29 is 14.3 Å². The molecule has 2 aromatic carbocycles. The first-order valence-corrected chi connectivity index (χ1v) is 15.3. The molecule has 3 rings (SSSR count). The first-order chi connectivity index (χ1) is 18.6. The fourth-order valence-electron chi connectivity index (χ4n) is 4.69. The molecule has 0 unspecified atom stereocenters. The molecule has 0 fully saturated rings. The van der Waals surface area contributed by atoms with Crippen molar-refractivity contribution in [3.63, 3.8) is 0 Å². The van der Waals surface area contributed by atoms with E-state index in [4.69, 9.17) is 9.47 Å². The van der Waals surface area contributed by atoms with Gasteiger partial charge in [0.1, 0.15) is 0 Å². The van der Waals surface area contributed by atoms with Crippen LogP contribution in [0.15, 0.2) is 53.6 Å². The van der Waals surface area contributed by atoms with Crippen molar-refractivity contribution in [1.29, 1.82) is 0 Å². The monoisotopic (exact) mass is 618 g/mol. The van der Waals surface area contributed by atoms with Crippen LogP contribution in [0.5, 0.6) is 11.5 Å². The largest absolute Gasteiger partial charge is 0.493 e. The number of benzene rings is 2. The highest BCUT2D eigenvalue weighted by atomic mass is 79.9. The Kier molecular flexibility index (Phi) is 16.2. The summed E-state index contributed by atoms with van der Waals surface area (Å²) < 4.78 is 11.5. The zero-order valence-electron chi connectivity index (χ0n) is 24.0. The molecule has 216 valence electrons. The van der Waals surface area contributed by atoms with Crippen molar-refractivity contribution in [3.05, 3.63) is 64.7 Å². The van der Waals surface area contributed by atoms with E-state index in [2.05, 4.69) is 42.4 Å². The number of allylic oxidation sites excluding steroid dienone is 1. The van der Waals surface area contributed by atoms with Crippen LogP contribution in [0.4, 0.5) is 5.69 Å². The van der Waals surface area contributed by atoms with Gasteiger partial charge in [-0.05, 0) is 53.6 Å².